The van der Waals surface area contributed by atoms with Crippen molar-refractivity contribution in [3.63, 3.8) is 0 Å². The fraction of sp³-hybridized carbons (Fsp3) is 0.429. The van der Waals surface area contributed by atoms with Gasteiger partial charge in [-0.2, -0.15) is 5.10 Å². The Kier molecular flexibility index (Phi) is 3.44. The van der Waals surface area contributed by atoms with Crippen LogP contribution in [0.4, 0.5) is 5.82 Å². The van der Waals surface area contributed by atoms with Crippen molar-refractivity contribution in [3.05, 3.63) is 30.1 Å². The molecule has 1 fully saturated rings. The van der Waals surface area contributed by atoms with Gasteiger partial charge >= 0.3 is 0 Å². The van der Waals surface area contributed by atoms with Gasteiger partial charge in [0, 0.05) is 23.5 Å². The number of nitrogens with zero attached hydrogens (tertiary/aromatic N) is 3. The van der Waals surface area contributed by atoms with Crippen LogP contribution >= 0.6 is 0 Å². The molecule has 0 spiro atoms. The van der Waals surface area contributed by atoms with Crippen molar-refractivity contribution in [2.24, 2.45) is 0 Å². The summed E-state index contributed by atoms with van der Waals surface area (Å²) in [6.45, 7) is 2.02. The van der Waals surface area contributed by atoms with Crippen molar-refractivity contribution in [1.29, 1.82) is 0 Å². The number of hydrogen-bond acceptors (Lipinski definition) is 5. The monoisotopic (exact) mass is 306 g/mol. The number of aromatic nitrogens is 3. The fourth-order valence-electron chi connectivity index (χ4n) is 2.82. The Morgan fingerprint density at radius 3 is 2.67 bits per heavy atom. The Balaban J connectivity index is 2.06. The van der Waals surface area contributed by atoms with E-state index in [1.807, 2.05) is 19.1 Å². The molecule has 0 aromatic carbocycles. The first-order valence-corrected chi connectivity index (χ1v) is 8.81. The zero-order valence-electron chi connectivity index (χ0n) is 11.9. The largest absolute Gasteiger partial charge is 0.384 e. The van der Waals surface area contributed by atoms with E-state index >= 15 is 0 Å². The Bertz CT molecular complexity index is 753. The Morgan fingerprint density at radius 2 is 2.10 bits per heavy atom. The highest BCUT2D eigenvalue weighted by Gasteiger charge is 2.32. The van der Waals surface area contributed by atoms with E-state index in [2.05, 4.69) is 10.1 Å². The SMILES string of the molecule is CCc1c(-c2ccncc2)nn(C2CCS(=O)(=O)C2)c1N. The quantitative estimate of drug-likeness (QED) is 0.926. The normalized spacial score (nSPS) is 20.7. The van der Waals surface area contributed by atoms with Crippen LogP contribution in [-0.2, 0) is 16.3 Å². The number of hydrogen-bond donors (Lipinski definition) is 1. The fourth-order valence-corrected chi connectivity index (χ4v) is 4.51. The molecule has 0 radical (unpaired) electrons. The predicted molar refractivity (Wildman–Crippen MR) is 81.6 cm³/mol. The molecule has 21 heavy (non-hydrogen) atoms. The van der Waals surface area contributed by atoms with Crippen molar-refractivity contribution in [2.75, 3.05) is 17.2 Å². The summed E-state index contributed by atoms with van der Waals surface area (Å²) < 4.78 is 25.0. The van der Waals surface area contributed by atoms with Crippen LogP contribution in [0.1, 0.15) is 24.9 Å². The molecular weight excluding hydrogens is 288 g/mol. The number of pyridine rings is 1. The van der Waals surface area contributed by atoms with Crippen LogP contribution in [0.5, 0.6) is 0 Å². The van der Waals surface area contributed by atoms with E-state index in [1.54, 1.807) is 17.1 Å². The van der Waals surface area contributed by atoms with E-state index in [-0.39, 0.29) is 17.5 Å². The Hall–Kier alpha value is -1.89. The highest BCUT2D eigenvalue weighted by atomic mass is 32.2. The molecule has 0 saturated carbocycles. The number of nitrogen functional groups attached to an aromatic ring is 1. The summed E-state index contributed by atoms with van der Waals surface area (Å²) in [5.41, 5.74) is 8.95. The summed E-state index contributed by atoms with van der Waals surface area (Å²) in [7, 11) is -2.96. The molecule has 1 aliphatic heterocycles. The molecule has 1 unspecified atom stereocenters. The molecule has 1 atom stereocenters. The van der Waals surface area contributed by atoms with Gasteiger partial charge in [0.2, 0.25) is 0 Å². The Morgan fingerprint density at radius 1 is 1.38 bits per heavy atom. The van der Waals surface area contributed by atoms with Crippen molar-refractivity contribution < 1.29 is 8.42 Å². The third kappa shape index (κ3) is 2.53. The van der Waals surface area contributed by atoms with E-state index in [0.29, 0.717) is 12.2 Å². The van der Waals surface area contributed by atoms with E-state index in [4.69, 9.17) is 5.73 Å². The van der Waals surface area contributed by atoms with Gasteiger partial charge in [0.15, 0.2) is 9.84 Å². The zero-order valence-corrected chi connectivity index (χ0v) is 12.7. The van der Waals surface area contributed by atoms with Gasteiger partial charge in [-0.1, -0.05) is 6.92 Å². The molecule has 0 amide bonds. The smallest absolute Gasteiger partial charge is 0.152 e. The first-order valence-electron chi connectivity index (χ1n) is 6.99. The van der Waals surface area contributed by atoms with Gasteiger partial charge in [-0.3, -0.25) is 4.98 Å². The summed E-state index contributed by atoms with van der Waals surface area (Å²) in [5, 5.41) is 4.60. The molecule has 0 bridgehead atoms. The first kappa shape index (κ1) is 14.1. The molecule has 2 N–H and O–H groups in total. The van der Waals surface area contributed by atoms with Crippen molar-refractivity contribution in [2.45, 2.75) is 25.8 Å². The van der Waals surface area contributed by atoms with Crippen LogP contribution in [-0.4, -0.2) is 34.7 Å². The highest BCUT2D eigenvalue weighted by Crippen LogP contribution is 2.32. The number of sulfone groups is 1. The van der Waals surface area contributed by atoms with E-state index in [0.717, 1.165) is 23.2 Å². The van der Waals surface area contributed by atoms with Crippen LogP contribution in [0, 0.1) is 0 Å². The molecule has 3 rings (SSSR count). The molecule has 3 heterocycles. The van der Waals surface area contributed by atoms with Crippen LogP contribution in [0.25, 0.3) is 11.3 Å². The Labute approximate surface area is 123 Å². The first-order chi connectivity index (χ1) is 10.0. The van der Waals surface area contributed by atoms with E-state index in [9.17, 15) is 8.42 Å². The maximum Gasteiger partial charge on any atom is 0.152 e. The number of rotatable bonds is 3. The minimum Gasteiger partial charge on any atom is -0.384 e. The topological polar surface area (TPSA) is 90.9 Å². The van der Waals surface area contributed by atoms with Crippen LogP contribution in [0.15, 0.2) is 24.5 Å². The lowest BCUT2D eigenvalue weighted by Gasteiger charge is -2.10. The minimum absolute atomic E-state index is 0.123. The molecule has 112 valence electrons. The van der Waals surface area contributed by atoms with Crippen molar-refractivity contribution in [1.82, 2.24) is 14.8 Å². The lowest BCUT2D eigenvalue weighted by molar-refractivity contribution is 0.508. The summed E-state index contributed by atoms with van der Waals surface area (Å²) >= 11 is 0. The third-order valence-corrected chi connectivity index (χ3v) is 5.66. The van der Waals surface area contributed by atoms with Gasteiger partial charge in [-0.05, 0) is 25.0 Å². The molecule has 0 aliphatic carbocycles. The molecule has 1 aliphatic rings. The lowest BCUT2D eigenvalue weighted by atomic mass is 10.1. The molecule has 2 aromatic rings. The third-order valence-electron chi connectivity index (χ3n) is 3.91. The van der Waals surface area contributed by atoms with Gasteiger partial charge < -0.3 is 5.73 Å². The predicted octanol–water partition coefficient (Wildman–Crippen LogP) is 1.45. The second-order valence-corrected chi connectivity index (χ2v) is 7.53. The van der Waals surface area contributed by atoms with E-state index in [1.165, 1.54) is 0 Å². The second kappa shape index (κ2) is 5.14. The number of nitrogens with two attached hydrogens (primary N) is 1. The summed E-state index contributed by atoms with van der Waals surface area (Å²) in [5.74, 6) is 0.910. The van der Waals surface area contributed by atoms with Crippen LogP contribution < -0.4 is 5.73 Å². The maximum atomic E-state index is 11.7. The van der Waals surface area contributed by atoms with Gasteiger partial charge in [-0.15, -0.1) is 0 Å². The second-order valence-electron chi connectivity index (χ2n) is 5.30. The molecule has 6 nitrogen and oxygen atoms in total. The summed E-state index contributed by atoms with van der Waals surface area (Å²) in [4.78, 5) is 4.01. The summed E-state index contributed by atoms with van der Waals surface area (Å²) in [6.07, 6.45) is 4.75. The van der Waals surface area contributed by atoms with Crippen LogP contribution in [0.3, 0.4) is 0 Å². The minimum atomic E-state index is -2.96. The lowest BCUT2D eigenvalue weighted by Crippen LogP contribution is -2.15. The molecular formula is C14H18N4O2S. The van der Waals surface area contributed by atoms with Crippen molar-refractivity contribution in [3.8, 4) is 11.3 Å². The van der Waals surface area contributed by atoms with Gasteiger partial charge in [0.25, 0.3) is 0 Å². The van der Waals surface area contributed by atoms with Gasteiger partial charge in [-0.25, -0.2) is 13.1 Å². The molecule has 2 aromatic heterocycles. The molecule has 7 heteroatoms. The maximum absolute atomic E-state index is 11.7. The van der Waals surface area contributed by atoms with Crippen LogP contribution in [0.2, 0.25) is 0 Å². The average molecular weight is 306 g/mol. The number of anilines is 1. The van der Waals surface area contributed by atoms with Crippen molar-refractivity contribution >= 4 is 15.7 Å². The average Bonchev–Trinajstić information content (AvgIpc) is 2.99. The highest BCUT2D eigenvalue weighted by molar-refractivity contribution is 7.91. The standard InChI is InChI=1S/C14H18N4O2S/c1-2-12-13(10-3-6-16-7-4-10)17-18(14(12)15)11-5-8-21(19,20)9-11/h3-4,6-7,11H,2,5,8-9,15H2,1H3. The van der Waals surface area contributed by atoms with E-state index < -0.39 is 9.84 Å². The van der Waals surface area contributed by atoms with Gasteiger partial charge in [0.05, 0.1) is 23.2 Å². The summed E-state index contributed by atoms with van der Waals surface area (Å²) in [6, 6.07) is 3.61. The zero-order chi connectivity index (χ0) is 15.0. The molecule has 1 saturated heterocycles. The van der Waals surface area contributed by atoms with Gasteiger partial charge in [0.1, 0.15) is 5.82 Å².